The van der Waals surface area contributed by atoms with Gasteiger partial charge in [-0.15, -0.1) is 0 Å². The van der Waals surface area contributed by atoms with Crippen LogP contribution in [0.15, 0.2) is 48.7 Å². The topological polar surface area (TPSA) is 66.2 Å². The van der Waals surface area contributed by atoms with Gasteiger partial charge in [0.1, 0.15) is 23.1 Å². The number of amides is 1. The number of para-hydroxylation sites is 1. The van der Waals surface area contributed by atoms with Crippen LogP contribution < -0.4 is 4.74 Å². The molecule has 0 radical (unpaired) electrons. The van der Waals surface area contributed by atoms with Crippen LogP contribution in [0.1, 0.15) is 40.9 Å². The number of aromatic nitrogens is 1. The zero-order valence-electron chi connectivity index (χ0n) is 14.4. The lowest BCUT2D eigenvalue weighted by atomic mass is 9.91. The number of pyridine rings is 1. The maximum atomic E-state index is 12.8. The Bertz CT molecular complexity index is 898. The van der Waals surface area contributed by atoms with E-state index in [9.17, 15) is 4.79 Å². The summed E-state index contributed by atoms with van der Waals surface area (Å²) in [6.07, 6.45) is 8.27. The summed E-state index contributed by atoms with van der Waals surface area (Å²) in [5, 5.41) is 8.84. The van der Waals surface area contributed by atoms with E-state index in [0.29, 0.717) is 24.3 Å². The van der Waals surface area contributed by atoms with Gasteiger partial charge >= 0.3 is 0 Å². The van der Waals surface area contributed by atoms with E-state index < -0.39 is 0 Å². The van der Waals surface area contributed by atoms with Gasteiger partial charge in [-0.1, -0.05) is 24.3 Å². The molecular formula is C21H19N3O2. The fourth-order valence-electron chi connectivity index (χ4n) is 3.58. The van der Waals surface area contributed by atoms with Crippen LogP contribution in [0.25, 0.3) is 6.08 Å². The Labute approximate surface area is 152 Å². The number of nitriles is 1. The number of carbonyl (C=O) groups is 1. The fraction of sp³-hybridized carbons (Fsp3) is 0.286. The third-order valence-corrected chi connectivity index (χ3v) is 5.04. The van der Waals surface area contributed by atoms with Crippen molar-refractivity contribution in [3.8, 4) is 11.8 Å². The van der Waals surface area contributed by atoms with Gasteiger partial charge in [-0.05, 0) is 37.1 Å². The largest absolute Gasteiger partial charge is 0.483 e. The SMILES string of the molecule is N#Cc1ccc(C(=O)N2CCCC3(C=Cc4ccccc4O3)CC2)cn1. The smallest absolute Gasteiger partial charge is 0.255 e. The number of carbonyl (C=O) groups excluding carboxylic acids is 1. The monoisotopic (exact) mass is 345 g/mol. The van der Waals surface area contributed by atoms with Crippen LogP contribution in [0, 0.1) is 11.3 Å². The second-order valence-corrected chi connectivity index (χ2v) is 6.73. The summed E-state index contributed by atoms with van der Waals surface area (Å²) in [5.41, 5.74) is 1.59. The first-order chi connectivity index (χ1) is 12.7. The molecule has 2 aromatic rings. The van der Waals surface area contributed by atoms with E-state index in [0.717, 1.165) is 30.6 Å². The Morgan fingerprint density at radius 1 is 1.19 bits per heavy atom. The average Bonchev–Trinajstić information content (AvgIpc) is 2.90. The number of rotatable bonds is 1. The summed E-state index contributed by atoms with van der Waals surface area (Å²) in [5.74, 6) is 0.866. The summed E-state index contributed by atoms with van der Waals surface area (Å²) in [6, 6.07) is 13.2. The summed E-state index contributed by atoms with van der Waals surface area (Å²) in [7, 11) is 0. The standard InChI is InChI=1S/C21H19N3O2/c22-14-18-7-6-17(15-23-18)20(25)24-12-3-9-21(11-13-24)10-8-16-4-1-2-5-19(16)26-21/h1-2,4-8,10,15H,3,9,11-13H2. The molecule has 5 nitrogen and oxygen atoms in total. The summed E-state index contributed by atoms with van der Waals surface area (Å²) < 4.78 is 6.33. The van der Waals surface area contributed by atoms with Gasteiger partial charge in [0.25, 0.3) is 5.91 Å². The van der Waals surface area contributed by atoms with Crippen LogP contribution >= 0.6 is 0 Å². The molecular weight excluding hydrogens is 326 g/mol. The van der Waals surface area contributed by atoms with Gasteiger partial charge in [0.2, 0.25) is 0 Å². The van der Waals surface area contributed by atoms with Crippen LogP contribution in [0.3, 0.4) is 0 Å². The zero-order chi connectivity index (χ0) is 18.0. The predicted molar refractivity (Wildman–Crippen MR) is 97.5 cm³/mol. The molecule has 1 spiro atoms. The van der Waals surface area contributed by atoms with E-state index in [1.807, 2.05) is 35.2 Å². The van der Waals surface area contributed by atoms with E-state index in [-0.39, 0.29) is 11.5 Å². The van der Waals surface area contributed by atoms with E-state index in [1.54, 1.807) is 12.1 Å². The molecule has 26 heavy (non-hydrogen) atoms. The van der Waals surface area contributed by atoms with Gasteiger partial charge in [-0.25, -0.2) is 4.98 Å². The van der Waals surface area contributed by atoms with Crippen molar-refractivity contribution in [2.24, 2.45) is 0 Å². The van der Waals surface area contributed by atoms with E-state index >= 15 is 0 Å². The highest BCUT2D eigenvalue weighted by molar-refractivity contribution is 5.94. The van der Waals surface area contributed by atoms with Gasteiger partial charge in [0, 0.05) is 31.3 Å². The lowest BCUT2D eigenvalue weighted by molar-refractivity contribution is 0.0730. The molecule has 2 aliphatic heterocycles. The van der Waals surface area contributed by atoms with Gasteiger partial charge < -0.3 is 9.64 Å². The number of ether oxygens (including phenoxy) is 1. The number of fused-ring (bicyclic) bond motifs is 1. The lowest BCUT2D eigenvalue weighted by Gasteiger charge is -2.34. The average molecular weight is 345 g/mol. The molecule has 1 aromatic carbocycles. The molecule has 0 saturated carbocycles. The summed E-state index contributed by atoms with van der Waals surface area (Å²) in [4.78, 5) is 18.6. The minimum atomic E-state index is -0.341. The maximum Gasteiger partial charge on any atom is 0.255 e. The normalized spacial score (nSPS) is 21.4. The van der Waals surface area contributed by atoms with Crippen molar-refractivity contribution < 1.29 is 9.53 Å². The Kier molecular flexibility index (Phi) is 4.18. The molecule has 1 atom stereocenters. The molecule has 0 N–H and O–H groups in total. The van der Waals surface area contributed by atoms with Crippen LogP contribution in [-0.2, 0) is 0 Å². The molecule has 3 heterocycles. The first-order valence-electron chi connectivity index (χ1n) is 8.82. The summed E-state index contributed by atoms with van der Waals surface area (Å²) >= 11 is 0. The third kappa shape index (κ3) is 3.06. The Hall–Kier alpha value is -3.13. The van der Waals surface area contributed by atoms with Crippen LogP contribution in [0.2, 0.25) is 0 Å². The van der Waals surface area contributed by atoms with Crippen LogP contribution in [0.4, 0.5) is 0 Å². The van der Waals surface area contributed by atoms with Crippen molar-refractivity contribution in [1.29, 1.82) is 5.26 Å². The van der Waals surface area contributed by atoms with Crippen LogP contribution in [0.5, 0.6) is 5.75 Å². The highest BCUT2D eigenvalue weighted by Gasteiger charge is 2.35. The number of benzene rings is 1. The minimum absolute atomic E-state index is 0.0424. The third-order valence-electron chi connectivity index (χ3n) is 5.04. The molecule has 1 aromatic heterocycles. The number of hydrogen-bond donors (Lipinski definition) is 0. The second-order valence-electron chi connectivity index (χ2n) is 6.73. The number of likely N-dealkylation sites (tertiary alicyclic amines) is 1. The lowest BCUT2D eigenvalue weighted by Crippen LogP contribution is -2.38. The van der Waals surface area contributed by atoms with Gasteiger partial charge in [-0.2, -0.15) is 5.26 Å². The zero-order valence-corrected chi connectivity index (χ0v) is 14.4. The van der Waals surface area contributed by atoms with E-state index in [2.05, 4.69) is 17.1 Å². The van der Waals surface area contributed by atoms with Crippen molar-refractivity contribution in [3.63, 3.8) is 0 Å². The van der Waals surface area contributed by atoms with Crippen molar-refractivity contribution in [3.05, 3.63) is 65.5 Å². The molecule has 4 rings (SSSR count). The first kappa shape index (κ1) is 16.3. The molecule has 130 valence electrons. The maximum absolute atomic E-state index is 12.8. The molecule has 1 fully saturated rings. The molecule has 5 heteroatoms. The van der Waals surface area contributed by atoms with Crippen LogP contribution in [-0.4, -0.2) is 34.5 Å². The van der Waals surface area contributed by atoms with E-state index in [4.69, 9.17) is 10.00 Å². The molecule has 1 unspecified atom stereocenters. The van der Waals surface area contributed by atoms with Gasteiger partial charge in [-0.3, -0.25) is 4.79 Å². The molecule has 0 bridgehead atoms. The van der Waals surface area contributed by atoms with Crippen molar-refractivity contribution in [2.75, 3.05) is 13.1 Å². The Balaban J connectivity index is 1.48. The molecule has 0 aliphatic carbocycles. The molecule has 2 aliphatic rings. The van der Waals surface area contributed by atoms with Gasteiger partial charge in [0.05, 0.1) is 5.56 Å². The number of nitrogens with zero attached hydrogens (tertiary/aromatic N) is 3. The van der Waals surface area contributed by atoms with Gasteiger partial charge in [0.15, 0.2) is 0 Å². The second kappa shape index (κ2) is 6.64. The van der Waals surface area contributed by atoms with Crippen molar-refractivity contribution >= 4 is 12.0 Å². The quantitative estimate of drug-likeness (QED) is 0.794. The van der Waals surface area contributed by atoms with E-state index in [1.165, 1.54) is 6.20 Å². The summed E-state index contributed by atoms with van der Waals surface area (Å²) in [6.45, 7) is 1.32. The first-order valence-corrected chi connectivity index (χ1v) is 8.82. The Morgan fingerprint density at radius 3 is 2.88 bits per heavy atom. The number of hydrogen-bond acceptors (Lipinski definition) is 4. The fourth-order valence-corrected chi connectivity index (χ4v) is 3.58. The molecule has 1 saturated heterocycles. The minimum Gasteiger partial charge on any atom is -0.483 e. The highest BCUT2D eigenvalue weighted by Crippen LogP contribution is 2.37. The Morgan fingerprint density at radius 2 is 2.08 bits per heavy atom. The van der Waals surface area contributed by atoms with Crippen molar-refractivity contribution in [1.82, 2.24) is 9.88 Å². The highest BCUT2D eigenvalue weighted by atomic mass is 16.5. The predicted octanol–water partition coefficient (Wildman–Crippen LogP) is 3.42. The molecule has 1 amide bonds. The van der Waals surface area contributed by atoms with Crippen molar-refractivity contribution in [2.45, 2.75) is 24.9 Å².